The van der Waals surface area contributed by atoms with Gasteiger partial charge in [-0.15, -0.1) is 0 Å². The number of fused-ring (bicyclic) bond motifs is 1. The molecule has 0 aliphatic rings. The maximum Gasteiger partial charge on any atom is 0.346 e. The molecule has 0 radical (unpaired) electrons. The Morgan fingerprint density at radius 1 is 1.64 bits per heavy atom. The Bertz CT molecular complexity index is 567. The summed E-state index contributed by atoms with van der Waals surface area (Å²) in [5.41, 5.74) is 0.101. The number of aromatic nitrogens is 3. The minimum absolute atomic E-state index is 0.131. The molecule has 0 amide bonds. The standard InChI is InChI=1S/C8H7N3O3/c1-11-3-5(7(12)13)4-2-9-8(14)10-6(4)11/h2-3H,1H3,(H,12,13)(H,9,10,14). The van der Waals surface area contributed by atoms with Crippen LogP contribution in [-0.2, 0) is 7.05 Å². The van der Waals surface area contributed by atoms with Crippen molar-refractivity contribution in [3.63, 3.8) is 0 Å². The van der Waals surface area contributed by atoms with Crippen molar-refractivity contribution in [2.24, 2.45) is 7.05 Å². The number of aromatic carboxylic acids is 1. The number of carboxylic acids is 1. The summed E-state index contributed by atoms with van der Waals surface area (Å²) in [5.74, 6) is -1.04. The lowest BCUT2D eigenvalue weighted by atomic mass is 10.2. The van der Waals surface area contributed by atoms with Crippen molar-refractivity contribution in [2.75, 3.05) is 0 Å². The fraction of sp³-hybridized carbons (Fsp3) is 0.125. The lowest BCUT2D eigenvalue weighted by molar-refractivity contribution is 0.0699. The van der Waals surface area contributed by atoms with Crippen LogP contribution in [0.2, 0.25) is 0 Å². The van der Waals surface area contributed by atoms with Crippen molar-refractivity contribution in [1.82, 2.24) is 14.5 Å². The molecule has 2 heterocycles. The molecule has 0 bridgehead atoms. The van der Waals surface area contributed by atoms with Gasteiger partial charge in [0.15, 0.2) is 0 Å². The molecule has 72 valence electrons. The van der Waals surface area contributed by atoms with Gasteiger partial charge in [0.25, 0.3) is 0 Å². The van der Waals surface area contributed by atoms with E-state index in [0.29, 0.717) is 11.0 Å². The van der Waals surface area contributed by atoms with Gasteiger partial charge in [-0.05, 0) is 0 Å². The molecule has 2 N–H and O–H groups in total. The summed E-state index contributed by atoms with van der Waals surface area (Å²) in [6.07, 6.45) is 2.70. The average molecular weight is 193 g/mol. The molecule has 14 heavy (non-hydrogen) atoms. The van der Waals surface area contributed by atoms with E-state index < -0.39 is 11.7 Å². The number of nitrogens with one attached hydrogen (secondary N) is 1. The molecule has 2 aromatic heterocycles. The fourth-order valence-corrected chi connectivity index (χ4v) is 1.36. The lowest BCUT2D eigenvalue weighted by Gasteiger charge is -1.92. The van der Waals surface area contributed by atoms with Gasteiger partial charge in [0.1, 0.15) is 5.65 Å². The van der Waals surface area contributed by atoms with E-state index in [4.69, 9.17) is 5.11 Å². The Labute approximate surface area is 77.8 Å². The Morgan fingerprint density at radius 2 is 2.36 bits per heavy atom. The quantitative estimate of drug-likeness (QED) is 0.665. The SMILES string of the molecule is Cn1cc(C(=O)O)c2cnc(=O)[nH]c21. The molecule has 2 rings (SSSR count). The highest BCUT2D eigenvalue weighted by molar-refractivity contribution is 6.01. The Morgan fingerprint density at radius 3 is 3.00 bits per heavy atom. The highest BCUT2D eigenvalue weighted by Crippen LogP contribution is 2.15. The van der Waals surface area contributed by atoms with Crippen LogP contribution in [0.4, 0.5) is 0 Å². The predicted molar refractivity (Wildman–Crippen MR) is 48.3 cm³/mol. The number of aromatic amines is 1. The number of hydrogen-bond donors (Lipinski definition) is 2. The van der Waals surface area contributed by atoms with E-state index in [1.807, 2.05) is 0 Å². The first-order chi connectivity index (χ1) is 6.59. The van der Waals surface area contributed by atoms with Gasteiger partial charge >= 0.3 is 11.7 Å². The van der Waals surface area contributed by atoms with Crippen LogP contribution >= 0.6 is 0 Å². The van der Waals surface area contributed by atoms with Crippen LogP contribution in [0, 0.1) is 0 Å². The second-order valence-corrected chi connectivity index (χ2v) is 2.91. The number of carboxylic acid groups (broad SMARTS) is 1. The first kappa shape index (κ1) is 8.49. The molecule has 0 fully saturated rings. The van der Waals surface area contributed by atoms with Crippen molar-refractivity contribution < 1.29 is 9.90 Å². The molecular formula is C8H7N3O3. The Hall–Kier alpha value is -2.11. The summed E-state index contributed by atoms with van der Waals surface area (Å²) in [5, 5.41) is 9.26. The van der Waals surface area contributed by atoms with Gasteiger partial charge in [0.2, 0.25) is 0 Å². The number of aryl methyl sites for hydroxylation is 1. The summed E-state index contributed by atoms with van der Waals surface area (Å²) in [4.78, 5) is 27.6. The van der Waals surface area contributed by atoms with E-state index in [1.54, 1.807) is 11.6 Å². The van der Waals surface area contributed by atoms with Crippen LogP contribution in [0.3, 0.4) is 0 Å². The van der Waals surface area contributed by atoms with E-state index in [1.165, 1.54) is 12.4 Å². The topological polar surface area (TPSA) is 88.0 Å². The van der Waals surface area contributed by atoms with Gasteiger partial charge < -0.3 is 9.67 Å². The second-order valence-electron chi connectivity index (χ2n) is 2.91. The molecule has 0 saturated heterocycles. The van der Waals surface area contributed by atoms with Crippen LogP contribution in [0.25, 0.3) is 11.0 Å². The van der Waals surface area contributed by atoms with Gasteiger partial charge in [-0.1, -0.05) is 0 Å². The minimum Gasteiger partial charge on any atom is -0.478 e. The van der Waals surface area contributed by atoms with Gasteiger partial charge in [-0.2, -0.15) is 0 Å². The van der Waals surface area contributed by atoms with Gasteiger partial charge in [0.05, 0.1) is 10.9 Å². The maximum atomic E-state index is 10.9. The van der Waals surface area contributed by atoms with Gasteiger partial charge in [-0.25, -0.2) is 14.6 Å². The normalized spacial score (nSPS) is 10.6. The molecule has 2 aromatic rings. The summed E-state index contributed by atoms with van der Waals surface area (Å²) >= 11 is 0. The number of H-pyrrole nitrogens is 1. The molecule has 0 unspecified atom stereocenters. The van der Waals surface area contributed by atoms with E-state index >= 15 is 0 Å². The Kier molecular flexibility index (Phi) is 1.63. The number of carbonyl (C=O) groups is 1. The molecule has 6 nitrogen and oxygen atoms in total. The van der Waals surface area contributed by atoms with E-state index in [-0.39, 0.29) is 5.56 Å². The zero-order valence-electron chi connectivity index (χ0n) is 7.31. The van der Waals surface area contributed by atoms with Crippen LogP contribution in [0.5, 0.6) is 0 Å². The van der Waals surface area contributed by atoms with Crippen molar-refractivity contribution in [3.05, 3.63) is 28.4 Å². The van der Waals surface area contributed by atoms with Crippen molar-refractivity contribution in [1.29, 1.82) is 0 Å². The van der Waals surface area contributed by atoms with Gasteiger partial charge in [0, 0.05) is 19.4 Å². The molecule has 0 saturated carbocycles. The van der Waals surface area contributed by atoms with Gasteiger partial charge in [-0.3, -0.25) is 4.98 Å². The van der Waals surface area contributed by atoms with E-state index in [0.717, 1.165) is 0 Å². The summed E-state index contributed by atoms with van der Waals surface area (Å²) in [7, 11) is 1.66. The first-order valence-electron chi connectivity index (χ1n) is 3.87. The third kappa shape index (κ3) is 1.08. The Balaban J connectivity index is 2.91. The molecule has 0 aliphatic heterocycles. The molecule has 0 aromatic carbocycles. The highest BCUT2D eigenvalue weighted by Gasteiger charge is 2.13. The zero-order chi connectivity index (χ0) is 10.3. The fourth-order valence-electron chi connectivity index (χ4n) is 1.36. The second kappa shape index (κ2) is 2.69. The maximum absolute atomic E-state index is 10.9. The predicted octanol–water partition coefficient (Wildman–Crippen LogP) is -0.0402. The highest BCUT2D eigenvalue weighted by atomic mass is 16.4. The monoisotopic (exact) mass is 193 g/mol. The van der Waals surface area contributed by atoms with E-state index in [9.17, 15) is 9.59 Å². The zero-order valence-corrected chi connectivity index (χ0v) is 7.31. The van der Waals surface area contributed by atoms with Crippen molar-refractivity contribution >= 4 is 17.0 Å². The smallest absolute Gasteiger partial charge is 0.346 e. The van der Waals surface area contributed by atoms with Crippen LogP contribution in [-0.4, -0.2) is 25.6 Å². The summed E-state index contributed by atoms with van der Waals surface area (Å²) < 4.78 is 1.54. The first-order valence-corrected chi connectivity index (χ1v) is 3.87. The molecule has 6 heteroatoms. The number of nitrogens with zero attached hydrogens (tertiary/aromatic N) is 2. The lowest BCUT2D eigenvalue weighted by Crippen LogP contribution is -2.09. The number of hydrogen-bond acceptors (Lipinski definition) is 3. The third-order valence-corrected chi connectivity index (χ3v) is 1.99. The minimum atomic E-state index is -1.04. The average Bonchev–Trinajstić information content (AvgIpc) is 2.44. The molecule has 0 aliphatic carbocycles. The summed E-state index contributed by atoms with van der Waals surface area (Å²) in [6, 6.07) is 0. The largest absolute Gasteiger partial charge is 0.478 e. The van der Waals surface area contributed by atoms with Crippen molar-refractivity contribution in [2.45, 2.75) is 0 Å². The summed E-state index contributed by atoms with van der Waals surface area (Å²) in [6.45, 7) is 0. The van der Waals surface area contributed by atoms with Crippen molar-refractivity contribution in [3.8, 4) is 0 Å². The van der Waals surface area contributed by atoms with Crippen LogP contribution in [0.15, 0.2) is 17.2 Å². The molecular weight excluding hydrogens is 186 g/mol. The molecule has 0 spiro atoms. The van der Waals surface area contributed by atoms with Crippen LogP contribution < -0.4 is 5.69 Å². The van der Waals surface area contributed by atoms with E-state index in [2.05, 4.69) is 9.97 Å². The van der Waals surface area contributed by atoms with Crippen LogP contribution in [0.1, 0.15) is 10.4 Å². The third-order valence-electron chi connectivity index (χ3n) is 1.99. The molecule has 0 atom stereocenters. The number of rotatable bonds is 1.